The number of benzene rings is 2. The van der Waals surface area contributed by atoms with Gasteiger partial charge in [0.15, 0.2) is 0 Å². The van der Waals surface area contributed by atoms with Crippen molar-refractivity contribution in [2.24, 2.45) is 0 Å². The van der Waals surface area contributed by atoms with Crippen LogP contribution in [-0.2, 0) is 38.2 Å². The predicted molar refractivity (Wildman–Crippen MR) is 406 cm³/mol. The van der Waals surface area contributed by atoms with Crippen LogP contribution in [0.4, 0.5) is 8.78 Å². The first-order valence-electron chi connectivity index (χ1n) is 34.4. The standard InChI is InChI=1S/C9H8.C8H11N.C6H6.C5H5N.C5H8O.C4H4N2.C4H7NO.C4H7NS.C4H7N.C3H2F2O2.C2H3N3.11C2H6/c1-2-5-9-7-3-6-8(9)4-1;1-2-4-8-7(3-1)5-6-9-8;3*1-2-4-6-5-3-1;1-2-6-4-3-5-1;2*1-3-6-4-2-5-1;1-2-4-5-3-1;4-3(5)6-1-2-7-3;1-3-2-5-4-1;11*1-2/h1-6H,7H2;5-6,9H,1-4H2;1-6H;1-5H;2,4H,1,3,5H2;1-4H;2*1,3,5H,2,4H2;1,3,5H,2,4H2;1-2H;1-2H,(H,3,4,5);11*1-2H3. The lowest BCUT2D eigenvalue weighted by atomic mass is 9.98. The maximum atomic E-state index is 11.4. The van der Waals surface area contributed by atoms with Crippen LogP contribution < -0.4 is 16.0 Å². The van der Waals surface area contributed by atoms with Crippen molar-refractivity contribution in [2.45, 2.75) is 210 Å². The quantitative estimate of drug-likeness (QED) is 0.0975. The monoisotopic (exact) mass is 1320 g/mol. The van der Waals surface area contributed by atoms with E-state index in [0.717, 1.165) is 51.8 Å². The number of hydrogen-bond acceptors (Lipinski definition) is 13. The number of aromatic nitrogens is 7. The number of H-pyrrole nitrogens is 2. The van der Waals surface area contributed by atoms with Gasteiger partial charge in [0.2, 0.25) is 0 Å². The molecule has 532 valence electrons. The SMILES string of the molecule is C1=CNCC1.C1=COCCC1.C1=COCCN1.C1=CSCCN1.C1=Cc2ccccc2C1.CC.CC.CC.CC.CC.CC.CC.CC.CC.CC.CC.FC1(F)OC=CO1.c1cc2c([nH]1)CCCC2.c1ccccc1.c1ccncc1.c1cnccn1.c1nc[nH]n1. The summed E-state index contributed by atoms with van der Waals surface area (Å²) < 4.78 is 39.8. The van der Waals surface area contributed by atoms with E-state index in [0.29, 0.717) is 0 Å². The highest BCUT2D eigenvalue weighted by atomic mass is 32.2. The van der Waals surface area contributed by atoms with Crippen molar-refractivity contribution in [3.8, 4) is 0 Å². The molecule has 9 heterocycles. The fraction of sp³-hybridized carbons (Fsp3) is 0.487. The summed E-state index contributed by atoms with van der Waals surface area (Å²) in [5.74, 6) is 1.22. The number of fused-ring (bicyclic) bond motifs is 2. The number of pyridine rings is 1. The number of ether oxygens (including phenoxy) is 4. The lowest BCUT2D eigenvalue weighted by molar-refractivity contribution is -0.329. The van der Waals surface area contributed by atoms with Crippen molar-refractivity contribution in [3.05, 3.63) is 231 Å². The molecule has 14 nitrogen and oxygen atoms in total. The molecular weight excluding hydrogens is 1190 g/mol. The largest absolute Gasteiger partial charge is 0.585 e. The smallest absolute Gasteiger partial charge is 0.502 e. The highest BCUT2D eigenvalue weighted by Gasteiger charge is 2.35. The molecular formula is C76H134F2N10O4S. The predicted octanol–water partition coefficient (Wildman–Crippen LogP) is 22.2. The normalized spacial score (nSPS) is 12.3. The van der Waals surface area contributed by atoms with Crippen molar-refractivity contribution >= 4 is 17.8 Å². The van der Waals surface area contributed by atoms with Gasteiger partial charge >= 0.3 is 6.29 Å². The van der Waals surface area contributed by atoms with Crippen molar-refractivity contribution in [1.29, 1.82) is 0 Å². The molecule has 0 spiro atoms. The first kappa shape index (κ1) is 104. The molecule has 7 aliphatic rings. The highest BCUT2D eigenvalue weighted by molar-refractivity contribution is 8.02. The Hall–Kier alpha value is -7.66. The van der Waals surface area contributed by atoms with Gasteiger partial charge in [0.1, 0.15) is 31.8 Å². The second kappa shape index (κ2) is 106. The number of allylic oxidation sites excluding steroid dienone is 2. The molecule has 0 saturated heterocycles. The molecule has 0 bridgehead atoms. The molecule has 4 aromatic heterocycles. The van der Waals surface area contributed by atoms with Gasteiger partial charge in [-0.2, -0.15) is 5.10 Å². The van der Waals surface area contributed by atoms with Gasteiger partial charge in [-0.1, -0.05) is 237 Å². The Morgan fingerprint density at radius 1 is 0.452 bits per heavy atom. The van der Waals surface area contributed by atoms with Crippen LogP contribution in [0.1, 0.15) is 207 Å². The lowest BCUT2D eigenvalue weighted by Gasteiger charge is -2.08. The Balaban J connectivity index is -0.000000116. The summed E-state index contributed by atoms with van der Waals surface area (Å²) >= 11 is 1.85. The van der Waals surface area contributed by atoms with Crippen molar-refractivity contribution < 1.29 is 27.7 Å². The minimum Gasteiger partial charge on any atom is -0.502 e. The Kier molecular flexibility index (Phi) is 119. The molecule has 0 unspecified atom stereocenters. The minimum atomic E-state index is -3.42. The Bertz CT molecular complexity index is 1980. The van der Waals surface area contributed by atoms with E-state index in [2.05, 4.69) is 121 Å². The third kappa shape index (κ3) is 86.4. The molecule has 93 heavy (non-hydrogen) atoms. The zero-order chi connectivity index (χ0) is 72.1. The molecule has 0 amide bonds. The molecule has 0 atom stereocenters. The first-order valence-corrected chi connectivity index (χ1v) is 35.5. The average molecular weight is 1320 g/mol. The summed E-state index contributed by atoms with van der Waals surface area (Å²) in [5.41, 5.74) is 5.86. The Morgan fingerprint density at radius 2 is 0.978 bits per heavy atom. The number of alkyl halides is 2. The van der Waals surface area contributed by atoms with Crippen LogP contribution in [0.2, 0.25) is 0 Å². The molecule has 0 saturated carbocycles. The topological polar surface area (TPSA) is 169 Å². The zero-order valence-electron chi connectivity index (χ0n) is 62.1. The summed E-state index contributed by atoms with van der Waals surface area (Å²) in [4.78, 5) is 18.0. The molecule has 17 heteroatoms. The molecule has 2 aliphatic carbocycles. The molecule has 0 radical (unpaired) electrons. The van der Waals surface area contributed by atoms with E-state index in [4.69, 9.17) is 9.47 Å². The van der Waals surface area contributed by atoms with Gasteiger partial charge in [-0.3, -0.25) is 20.1 Å². The molecule has 5 aliphatic heterocycles. The van der Waals surface area contributed by atoms with Crippen LogP contribution >= 0.6 is 11.8 Å². The lowest BCUT2D eigenvalue weighted by Crippen LogP contribution is -2.16. The number of aryl methyl sites for hydroxylation is 2. The van der Waals surface area contributed by atoms with Crippen molar-refractivity contribution in [3.63, 3.8) is 0 Å². The molecule has 5 N–H and O–H groups in total. The molecule has 0 fully saturated rings. The maximum Gasteiger partial charge on any atom is 0.585 e. The van der Waals surface area contributed by atoms with E-state index in [9.17, 15) is 8.78 Å². The van der Waals surface area contributed by atoms with Gasteiger partial charge in [0, 0.05) is 86.9 Å². The van der Waals surface area contributed by atoms with Crippen LogP contribution in [0, 0.1) is 0 Å². The third-order valence-electron chi connectivity index (χ3n) is 9.06. The van der Waals surface area contributed by atoms with Gasteiger partial charge in [-0.05, 0) is 104 Å². The van der Waals surface area contributed by atoms with E-state index in [1.807, 2.05) is 237 Å². The number of nitrogens with one attached hydrogen (secondary N) is 5. The van der Waals surface area contributed by atoms with Gasteiger partial charge in [-0.25, -0.2) is 4.98 Å². The second-order valence-corrected chi connectivity index (χ2v) is 15.5. The summed E-state index contributed by atoms with van der Waals surface area (Å²) in [6, 6.07) is 28.4. The van der Waals surface area contributed by atoms with Gasteiger partial charge in [-0.15, -0.1) is 20.5 Å². The van der Waals surface area contributed by atoms with E-state index >= 15 is 0 Å². The van der Waals surface area contributed by atoms with Crippen LogP contribution in [0.5, 0.6) is 0 Å². The van der Waals surface area contributed by atoms with Crippen LogP contribution in [0.25, 0.3) is 6.08 Å². The maximum absolute atomic E-state index is 11.4. The van der Waals surface area contributed by atoms with Crippen molar-refractivity contribution in [1.82, 2.24) is 51.1 Å². The summed E-state index contributed by atoms with van der Waals surface area (Å²) in [6.45, 7) is 48.9. The summed E-state index contributed by atoms with van der Waals surface area (Å²) in [7, 11) is 0. The van der Waals surface area contributed by atoms with Crippen LogP contribution in [-0.4, -0.2) is 80.0 Å². The van der Waals surface area contributed by atoms with E-state index in [-0.39, 0.29) is 0 Å². The zero-order valence-corrected chi connectivity index (χ0v) is 63.0. The number of rotatable bonds is 0. The van der Waals surface area contributed by atoms with Crippen LogP contribution in [0.15, 0.2) is 208 Å². The number of hydrogen-bond donors (Lipinski definition) is 5. The van der Waals surface area contributed by atoms with E-state index < -0.39 is 6.29 Å². The number of halogens is 2. The first-order chi connectivity index (χ1) is 46.1. The van der Waals surface area contributed by atoms with Crippen molar-refractivity contribution in [2.75, 3.05) is 38.6 Å². The highest BCUT2D eigenvalue weighted by Crippen LogP contribution is 2.22. The Labute approximate surface area is 573 Å². The average Bonchev–Trinajstić information content (AvgIpc) is 2.88. The fourth-order valence-electron chi connectivity index (χ4n) is 5.71. The minimum absolute atomic E-state index is 0.792. The summed E-state index contributed by atoms with van der Waals surface area (Å²) in [6.07, 6.45) is 41.0. The fourth-order valence-corrected chi connectivity index (χ4v) is 6.28. The third-order valence-corrected chi connectivity index (χ3v) is 9.83. The molecule has 2 aromatic carbocycles. The van der Waals surface area contributed by atoms with Gasteiger partial charge < -0.3 is 39.9 Å². The van der Waals surface area contributed by atoms with E-state index in [1.165, 1.54) is 80.2 Å². The molecule has 6 aromatic rings. The van der Waals surface area contributed by atoms with Gasteiger partial charge in [0.05, 0.1) is 19.1 Å². The number of thioether (sulfide) groups is 1. The Morgan fingerprint density at radius 3 is 1.25 bits per heavy atom. The van der Waals surface area contributed by atoms with Gasteiger partial charge in [0.25, 0.3) is 0 Å². The number of nitrogens with zero attached hydrogens (tertiary/aromatic N) is 5. The second-order valence-electron chi connectivity index (χ2n) is 14.5. The van der Waals surface area contributed by atoms with Crippen LogP contribution in [0.3, 0.4) is 0 Å². The molecule has 13 rings (SSSR count). The number of aromatic amines is 2. The van der Waals surface area contributed by atoms with E-state index in [1.54, 1.807) is 61.5 Å². The summed E-state index contributed by atoms with van der Waals surface area (Å²) in [5, 5.41) is 17.2.